The van der Waals surface area contributed by atoms with Gasteiger partial charge in [0.15, 0.2) is 5.78 Å². The Morgan fingerprint density at radius 1 is 1.33 bits per heavy atom. The summed E-state index contributed by atoms with van der Waals surface area (Å²) in [5.74, 6) is -0.167. The molecule has 21 heavy (non-hydrogen) atoms. The van der Waals surface area contributed by atoms with E-state index in [9.17, 15) is 14.4 Å². The molecule has 1 amide bonds. The van der Waals surface area contributed by atoms with Gasteiger partial charge in [-0.3, -0.25) is 9.69 Å². The van der Waals surface area contributed by atoms with Gasteiger partial charge < -0.3 is 9.53 Å². The summed E-state index contributed by atoms with van der Waals surface area (Å²) < 4.78 is 5.24. The van der Waals surface area contributed by atoms with Gasteiger partial charge in [-0.2, -0.15) is 0 Å². The van der Waals surface area contributed by atoms with Crippen molar-refractivity contribution in [2.75, 3.05) is 6.54 Å². The Balaban J connectivity index is 1.97. The van der Waals surface area contributed by atoms with Gasteiger partial charge in [0.2, 0.25) is 0 Å². The SMILES string of the molecule is O=CCC[C@H]1C(=O)C=CCN1C(=O)OCc1ccccc1. The largest absolute Gasteiger partial charge is 0.445 e. The highest BCUT2D eigenvalue weighted by atomic mass is 16.6. The maximum Gasteiger partial charge on any atom is 0.411 e. The number of nitrogens with zero attached hydrogens (tertiary/aromatic N) is 1. The molecule has 5 nitrogen and oxygen atoms in total. The number of ether oxygens (including phenoxy) is 1. The highest BCUT2D eigenvalue weighted by Crippen LogP contribution is 2.15. The van der Waals surface area contributed by atoms with E-state index in [-0.39, 0.29) is 18.8 Å². The molecular weight excluding hydrogens is 270 g/mol. The van der Waals surface area contributed by atoms with E-state index >= 15 is 0 Å². The zero-order valence-electron chi connectivity index (χ0n) is 11.6. The second-order valence-corrected chi connectivity index (χ2v) is 4.76. The molecule has 0 radical (unpaired) electrons. The number of aldehydes is 1. The molecule has 0 aliphatic carbocycles. The number of ketones is 1. The van der Waals surface area contributed by atoms with Gasteiger partial charge in [-0.15, -0.1) is 0 Å². The molecule has 1 heterocycles. The minimum atomic E-state index is -0.608. The number of amides is 1. The van der Waals surface area contributed by atoms with Crippen molar-refractivity contribution in [2.24, 2.45) is 0 Å². The molecule has 0 bridgehead atoms. The minimum absolute atomic E-state index is 0.161. The molecule has 1 atom stereocenters. The van der Waals surface area contributed by atoms with Crippen molar-refractivity contribution in [1.82, 2.24) is 4.90 Å². The molecule has 0 N–H and O–H groups in total. The molecule has 0 saturated heterocycles. The summed E-state index contributed by atoms with van der Waals surface area (Å²) >= 11 is 0. The molecule has 1 aromatic carbocycles. The molecule has 0 aromatic heterocycles. The molecule has 1 aromatic rings. The molecule has 1 aliphatic heterocycles. The third kappa shape index (κ3) is 4.02. The summed E-state index contributed by atoms with van der Waals surface area (Å²) in [4.78, 5) is 35.8. The van der Waals surface area contributed by atoms with E-state index in [1.165, 1.54) is 11.0 Å². The zero-order chi connectivity index (χ0) is 15.1. The minimum Gasteiger partial charge on any atom is -0.445 e. The lowest BCUT2D eigenvalue weighted by Crippen LogP contribution is -2.47. The van der Waals surface area contributed by atoms with Gasteiger partial charge in [-0.1, -0.05) is 36.4 Å². The molecular formula is C16H17NO4. The second kappa shape index (κ2) is 7.38. The smallest absolute Gasteiger partial charge is 0.411 e. The lowest BCUT2D eigenvalue weighted by molar-refractivity contribution is -0.120. The van der Waals surface area contributed by atoms with Crippen LogP contribution < -0.4 is 0 Å². The Hall–Kier alpha value is -2.43. The molecule has 0 fully saturated rings. The van der Waals surface area contributed by atoms with Crippen LogP contribution in [0.2, 0.25) is 0 Å². The Morgan fingerprint density at radius 2 is 2.10 bits per heavy atom. The first-order valence-electron chi connectivity index (χ1n) is 6.83. The van der Waals surface area contributed by atoms with Crippen LogP contribution in [0, 0.1) is 0 Å². The number of benzene rings is 1. The summed E-state index contributed by atoms with van der Waals surface area (Å²) in [6, 6.07) is 8.72. The molecule has 1 aliphatic rings. The number of hydrogen-bond donors (Lipinski definition) is 0. The van der Waals surface area contributed by atoms with Gasteiger partial charge >= 0.3 is 6.09 Å². The first kappa shape index (κ1) is 15.0. The average Bonchev–Trinajstić information content (AvgIpc) is 2.52. The second-order valence-electron chi connectivity index (χ2n) is 4.76. The predicted octanol–water partition coefficient (Wildman–Crippen LogP) is 2.11. The van der Waals surface area contributed by atoms with Crippen LogP contribution in [0.1, 0.15) is 18.4 Å². The predicted molar refractivity (Wildman–Crippen MR) is 76.6 cm³/mol. The standard InChI is InChI=1S/C16H17NO4/c18-11-5-8-14-15(19)9-4-10-17(14)16(20)21-12-13-6-2-1-3-7-13/h1-4,6-7,9,11,14H,5,8,10,12H2/t14-/m0/s1. The van der Waals surface area contributed by atoms with Crippen LogP contribution in [0.5, 0.6) is 0 Å². The van der Waals surface area contributed by atoms with Gasteiger partial charge in [0.1, 0.15) is 12.9 Å². The van der Waals surface area contributed by atoms with Gasteiger partial charge in [-0.05, 0) is 18.1 Å². The number of carbonyl (C=O) groups excluding carboxylic acids is 3. The van der Waals surface area contributed by atoms with Gasteiger partial charge in [0, 0.05) is 13.0 Å². The number of hydrogen-bond acceptors (Lipinski definition) is 4. The third-order valence-corrected chi connectivity index (χ3v) is 3.29. The maximum atomic E-state index is 12.1. The molecule has 110 valence electrons. The Bertz CT molecular complexity index is 538. The van der Waals surface area contributed by atoms with E-state index in [4.69, 9.17) is 4.74 Å². The normalized spacial score (nSPS) is 17.6. The highest BCUT2D eigenvalue weighted by Gasteiger charge is 2.30. The lowest BCUT2D eigenvalue weighted by atomic mass is 10.0. The van der Waals surface area contributed by atoms with E-state index < -0.39 is 12.1 Å². The van der Waals surface area contributed by atoms with E-state index in [1.807, 2.05) is 30.3 Å². The van der Waals surface area contributed by atoms with E-state index in [2.05, 4.69) is 0 Å². The quantitative estimate of drug-likeness (QED) is 0.778. The maximum absolute atomic E-state index is 12.1. The first-order valence-corrected chi connectivity index (χ1v) is 6.83. The molecule has 0 unspecified atom stereocenters. The molecule has 0 spiro atoms. The van der Waals surface area contributed by atoms with Gasteiger partial charge in [-0.25, -0.2) is 4.79 Å². The fourth-order valence-electron chi connectivity index (χ4n) is 2.20. The number of rotatable bonds is 5. The Kier molecular flexibility index (Phi) is 5.26. The highest BCUT2D eigenvalue weighted by molar-refractivity contribution is 5.97. The monoisotopic (exact) mass is 287 g/mol. The van der Waals surface area contributed by atoms with E-state index in [1.54, 1.807) is 6.08 Å². The fourth-order valence-corrected chi connectivity index (χ4v) is 2.20. The van der Waals surface area contributed by atoms with Crippen molar-refractivity contribution in [1.29, 1.82) is 0 Å². The van der Waals surface area contributed by atoms with Crippen LogP contribution in [0.25, 0.3) is 0 Å². The van der Waals surface area contributed by atoms with Crippen LogP contribution in [0.15, 0.2) is 42.5 Å². The molecule has 2 rings (SSSR count). The third-order valence-electron chi connectivity index (χ3n) is 3.29. The summed E-state index contributed by atoms with van der Waals surface area (Å²) in [6.45, 7) is 0.483. The van der Waals surface area contributed by atoms with Crippen LogP contribution >= 0.6 is 0 Å². The number of carbonyl (C=O) groups is 3. The van der Waals surface area contributed by atoms with Crippen molar-refractivity contribution in [3.8, 4) is 0 Å². The summed E-state index contributed by atoms with van der Waals surface area (Å²) in [5.41, 5.74) is 0.883. The van der Waals surface area contributed by atoms with Gasteiger partial charge in [0.25, 0.3) is 0 Å². The topological polar surface area (TPSA) is 63.7 Å². The van der Waals surface area contributed by atoms with Crippen molar-refractivity contribution in [2.45, 2.75) is 25.5 Å². The van der Waals surface area contributed by atoms with Crippen molar-refractivity contribution in [3.63, 3.8) is 0 Å². The molecule has 0 saturated carbocycles. The van der Waals surface area contributed by atoms with Gasteiger partial charge in [0.05, 0.1) is 6.04 Å². The lowest BCUT2D eigenvalue weighted by Gasteiger charge is -2.30. The fraction of sp³-hybridized carbons (Fsp3) is 0.312. The average molecular weight is 287 g/mol. The van der Waals surface area contributed by atoms with Crippen LogP contribution in [0.4, 0.5) is 4.79 Å². The van der Waals surface area contributed by atoms with Crippen LogP contribution in [0.3, 0.4) is 0 Å². The van der Waals surface area contributed by atoms with E-state index in [0.29, 0.717) is 13.0 Å². The Labute approximate surface area is 123 Å². The van der Waals surface area contributed by atoms with Crippen LogP contribution in [-0.2, 0) is 20.9 Å². The first-order chi connectivity index (χ1) is 10.2. The van der Waals surface area contributed by atoms with Crippen LogP contribution in [-0.4, -0.2) is 35.6 Å². The van der Waals surface area contributed by atoms with Crippen molar-refractivity contribution < 1.29 is 19.1 Å². The molecule has 5 heteroatoms. The Morgan fingerprint density at radius 3 is 2.81 bits per heavy atom. The van der Waals surface area contributed by atoms with Crippen molar-refractivity contribution >= 4 is 18.2 Å². The van der Waals surface area contributed by atoms with Crippen molar-refractivity contribution in [3.05, 3.63) is 48.0 Å². The summed E-state index contributed by atoms with van der Waals surface area (Å²) in [5, 5.41) is 0. The summed E-state index contributed by atoms with van der Waals surface area (Å²) in [7, 11) is 0. The van der Waals surface area contributed by atoms with E-state index in [0.717, 1.165) is 11.8 Å². The zero-order valence-corrected chi connectivity index (χ0v) is 11.6. The summed E-state index contributed by atoms with van der Waals surface area (Å²) in [6.07, 6.45) is 3.87.